The molecule has 0 aliphatic heterocycles. The zero-order valence-corrected chi connectivity index (χ0v) is 10.6. The predicted octanol–water partition coefficient (Wildman–Crippen LogP) is 3.58. The van der Waals surface area contributed by atoms with Crippen LogP contribution in [-0.4, -0.2) is 18.1 Å². The molecule has 0 amide bonds. The molecular weight excluding hydrogens is 324 g/mol. The first-order valence-electron chi connectivity index (χ1n) is 4.25. The average Bonchev–Trinajstić information content (AvgIpc) is 2.13. The van der Waals surface area contributed by atoms with Crippen LogP contribution in [0.2, 0.25) is 0 Å². The molecule has 0 saturated carbocycles. The van der Waals surface area contributed by atoms with Crippen molar-refractivity contribution in [3.63, 3.8) is 0 Å². The van der Waals surface area contributed by atoms with Crippen molar-refractivity contribution in [2.24, 2.45) is 10.7 Å². The van der Waals surface area contributed by atoms with Crippen LogP contribution in [0.5, 0.6) is 5.75 Å². The summed E-state index contributed by atoms with van der Waals surface area (Å²) < 4.78 is 40.2. The quantitative estimate of drug-likeness (QED) is 0.523. The van der Waals surface area contributed by atoms with Gasteiger partial charge >= 0.3 is 6.36 Å². The van der Waals surface area contributed by atoms with Gasteiger partial charge in [0.1, 0.15) is 11.6 Å². The molecule has 94 valence electrons. The summed E-state index contributed by atoms with van der Waals surface area (Å²) in [5, 5.41) is 0. The van der Waals surface area contributed by atoms with Crippen molar-refractivity contribution in [2.75, 3.05) is 5.88 Å². The number of benzene rings is 1. The molecule has 0 spiro atoms. The van der Waals surface area contributed by atoms with E-state index in [0.717, 1.165) is 6.07 Å². The molecule has 1 aromatic rings. The van der Waals surface area contributed by atoms with Crippen LogP contribution in [0.4, 0.5) is 18.9 Å². The third kappa shape index (κ3) is 5.27. The highest BCUT2D eigenvalue weighted by molar-refractivity contribution is 9.10. The summed E-state index contributed by atoms with van der Waals surface area (Å²) in [4.78, 5) is 3.81. The monoisotopic (exact) mass is 330 g/mol. The Kier molecular flexibility index (Phi) is 4.64. The number of hydrogen-bond acceptors (Lipinski definition) is 2. The van der Waals surface area contributed by atoms with Crippen molar-refractivity contribution in [2.45, 2.75) is 6.36 Å². The molecule has 3 nitrogen and oxygen atoms in total. The van der Waals surface area contributed by atoms with Gasteiger partial charge in [-0.15, -0.1) is 24.8 Å². The number of amidine groups is 1. The summed E-state index contributed by atoms with van der Waals surface area (Å²) in [6.45, 7) is 0. The Morgan fingerprint density at radius 3 is 2.59 bits per heavy atom. The van der Waals surface area contributed by atoms with Crippen LogP contribution >= 0.6 is 27.5 Å². The van der Waals surface area contributed by atoms with Crippen molar-refractivity contribution in [3.8, 4) is 5.75 Å². The Hall–Kier alpha value is -0.950. The van der Waals surface area contributed by atoms with Gasteiger partial charge in [-0.05, 0) is 12.1 Å². The molecule has 1 rings (SSSR count). The molecule has 0 aromatic heterocycles. The van der Waals surface area contributed by atoms with E-state index in [9.17, 15) is 13.2 Å². The predicted molar refractivity (Wildman–Crippen MR) is 62.8 cm³/mol. The van der Waals surface area contributed by atoms with E-state index in [-0.39, 0.29) is 23.2 Å². The fourth-order valence-electron chi connectivity index (χ4n) is 1.00. The van der Waals surface area contributed by atoms with E-state index >= 15 is 0 Å². The number of alkyl halides is 4. The van der Waals surface area contributed by atoms with E-state index in [1.165, 1.54) is 12.1 Å². The van der Waals surface area contributed by atoms with Gasteiger partial charge in [-0.1, -0.05) is 15.9 Å². The molecule has 1 aromatic carbocycles. The smallest absolute Gasteiger partial charge is 0.406 e. The lowest BCUT2D eigenvalue weighted by Crippen LogP contribution is -2.17. The summed E-state index contributed by atoms with van der Waals surface area (Å²) in [5.74, 6) is -0.294. The summed E-state index contributed by atoms with van der Waals surface area (Å²) in [7, 11) is 0. The number of rotatable bonds is 3. The number of aliphatic imine (C=N–C) groups is 1. The molecule has 0 radical (unpaired) electrons. The molecule has 0 heterocycles. The first kappa shape index (κ1) is 14.1. The van der Waals surface area contributed by atoms with E-state index in [1.807, 2.05) is 0 Å². The fraction of sp³-hybridized carbons (Fsp3) is 0.222. The van der Waals surface area contributed by atoms with Crippen LogP contribution in [0.1, 0.15) is 0 Å². The topological polar surface area (TPSA) is 47.6 Å². The molecule has 0 atom stereocenters. The van der Waals surface area contributed by atoms with Gasteiger partial charge in [0.05, 0.1) is 11.6 Å². The largest absolute Gasteiger partial charge is 0.573 e. The van der Waals surface area contributed by atoms with Crippen molar-refractivity contribution < 1.29 is 17.9 Å². The van der Waals surface area contributed by atoms with Gasteiger partial charge in [0, 0.05) is 10.5 Å². The molecule has 2 N–H and O–H groups in total. The van der Waals surface area contributed by atoms with E-state index in [4.69, 9.17) is 17.3 Å². The third-order valence-corrected chi connectivity index (χ3v) is 2.23. The van der Waals surface area contributed by atoms with E-state index < -0.39 is 6.36 Å². The summed E-state index contributed by atoms with van der Waals surface area (Å²) >= 11 is 8.45. The van der Waals surface area contributed by atoms with Gasteiger partial charge in [-0.2, -0.15) is 0 Å². The summed E-state index contributed by atoms with van der Waals surface area (Å²) in [6, 6.07) is 3.77. The highest BCUT2D eigenvalue weighted by Gasteiger charge is 2.31. The molecule has 0 bridgehead atoms. The molecule has 17 heavy (non-hydrogen) atoms. The van der Waals surface area contributed by atoms with Gasteiger partial charge in [0.25, 0.3) is 0 Å². The second-order valence-electron chi connectivity index (χ2n) is 2.93. The van der Waals surface area contributed by atoms with Crippen molar-refractivity contribution >= 4 is 39.1 Å². The Bertz CT molecular complexity index is 437. The van der Waals surface area contributed by atoms with Gasteiger partial charge in [0.2, 0.25) is 0 Å². The highest BCUT2D eigenvalue weighted by atomic mass is 79.9. The Labute approximate surface area is 109 Å². The van der Waals surface area contributed by atoms with E-state index in [0.29, 0.717) is 4.47 Å². The van der Waals surface area contributed by atoms with Crippen LogP contribution in [0.3, 0.4) is 0 Å². The first-order chi connectivity index (χ1) is 7.80. The van der Waals surface area contributed by atoms with Crippen molar-refractivity contribution in [1.29, 1.82) is 0 Å². The molecular formula is C9H7BrClF3N2O. The zero-order valence-electron chi connectivity index (χ0n) is 8.26. The second kappa shape index (κ2) is 5.59. The zero-order chi connectivity index (χ0) is 13.1. The van der Waals surface area contributed by atoms with Crippen LogP contribution in [-0.2, 0) is 0 Å². The lowest BCUT2D eigenvalue weighted by atomic mass is 10.3. The van der Waals surface area contributed by atoms with Crippen LogP contribution < -0.4 is 10.5 Å². The minimum absolute atomic E-state index is 0.0119. The average molecular weight is 332 g/mol. The maximum atomic E-state index is 12.0. The number of halogens is 5. The van der Waals surface area contributed by atoms with Gasteiger partial charge < -0.3 is 10.5 Å². The first-order valence-corrected chi connectivity index (χ1v) is 5.58. The van der Waals surface area contributed by atoms with Crippen LogP contribution in [0.15, 0.2) is 27.7 Å². The number of nitrogens with zero attached hydrogens (tertiary/aromatic N) is 1. The van der Waals surface area contributed by atoms with Gasteiger partial charge in [-0.25, -0.2) is 4.99 Å². The Balaban J connectivity index is 3.02. The SMILES string of the molecule is NC(CCl)=Nc1cc(Br)cc(OC(F)(F)F)c1. The van der Waals surface area contributed by atoms with Crippen molar-refractivity contribution in [1.82, 2.24) is 0 Å². The Morgan fingerprint density at radius 2 is 2.06 bits per heavy atom. The number of hydrogen-bond donors (Lipinski definition) is 1. The minimum atomic E-state index is -4.75. The maximum Gasteiger partial charge on any atom is 0.573 e. The molecule has 0 fully saturated rings. The fourth-order valence-corrected chi connectivity index (χ4v) is 1.52. The molecule has 0 aliphatic rings. The summed E-state index contributed by atoms with van der Waals surface area (Å²) in [6.07, 6.45) is -4.75. The maximum absolute atomic E-state index is 12.0. The molecule has 0 saturated heterocycles. The van der Waals surface area contributed by atoms with Gasteiger partial charge in [-0.3, -0.25) is 0 Å². The number of ether oxygens (including phenoxy) is 1. The van der Waals surface area contributed by atoms with E-state index in [1.54, 1.807) is 0 Å². The van der Waals surface area contributed by atoms with Crippen LogP contribution in [0.25, 0.3) is 0 Å². The lowest BCUT2D eigenvalue weighted by Gasteiger charge is -2.09. The molecule has 0 unspecified atom stereocenters. The normalized spacial score (nSPS) is 12.6. The second-order valence-corrected chi connectivity index (χ2v) is 4.11. The van der Waals surface area contributed by atoms with Crippen LogP contribution in [0, 0.1) is 0 Å². The summed E-state index contributed by atoms with van der Waals surface area (Å²) in [5.41, 5.74) is 5.59. The lowest BCUT2D eigenvalue weighted by molar-refractivity contribution is -0.274. The third-order valence-electron chi connectivity index (χ3n) is 1.50. The van der Waals surface area contributed by atoms with Crippen molar-refractivity contribution in [3.05, 3.63) is 22.7 Å². The minimum Gasteiger partial charge on any atom is -0.406 e. The Morgan fingerprint density at radius 1 is 1.41 bits per heavy atom. The highest BCUT2D eigenvalue weighted by Crippen LogP contribution is 2.30. The molecule has 0 aliphatic carbocycles. The number of nitrogens with two attached hydrogens (primary N) is 1. The molecule has 8 heteroatoms. The van der Waals surface area contributed by atoms with Gasteiger partial charge in [0.15, 0.2) is 0 Å². The van der Waals surface area contributed by atoms with E-state index in [2.05, 4.69) is 25.7 Å². The standard InChI is InChI=1S/C9H7BrClF3N2O/c10-5-1-6(16-8(15)4-11)3-7(2-5)17-9(12,13)14/h1-3H,4H2,(H2,15,16).